The lowest BCUT2D eigenvalue weighted by molar-refractivity contribution is 0.0945. The van der Waals surface area contributed by atoms with Crippen molar-refractivity contribution in [1.82, 2.24) is 15.1 Å². The Labute approximate surface area is 93.4 Å². The Kier molecular flexibility index (Phi) is 4.48. The Balaban J connectivity index is 2.47. The highest BCUT2D eigenvalue weighted by Gasteiger charge is 2.13. The van der Waals surface area contributed by atoms with Crippen molar-refractivity contribution in [3.63, 3.8) is 0 Å². The molecule has 1 heterocycles. The highest BCUT2D eigenvalue weighted by Crippen LogP contribution is 2.08. The number of amides is 1. The van der Waals surface area contributed by atoms with Crippen LogP contribution in [0.4, 0.5) is 5.69 Å². The van der Waals surface area contributed by atoms with Gasteiger partial charge in [0.05, 0.1) is 11.9 Å². The van der Waals surface area contributed by atoms with Crippen LogP contribution in [0.25, 0.3) is 0 Å². The molecule has 0 aliphatic heterocycles. The fourth-order valence-electron chi connectivity index (χ4n) is 1.23. The smallest absolute Gasteiger partial charge is 0.271 e. The summed E-state index contributed by atoms with van der Waals surface area (Å²) in [4.78, 5) is 11.7. The number of hydrogen-bond acceptors (Lipinski definition) is 4. The Morgan fingerprint density at radius 2 is 2.47 bits per heavy atom. The number of aryl methyl sites for hydroxylation is 1. The van der Waals surface area contributed by atoms with Gasteiger partial charge in [-0.1, -0.05) is 0 Å². The molecule has 0 saturated carbocycles. The molecule has 0 bridgehead atoms. The Morgan fingerprint density at radius 1 is 1.73 bits per heavy atom. The monoisotopic (exact) mass is 228 g/mol. The van der Waals surface area contributed by atoms with E-state index >= 15 is 0 Å². The SMILES string of the molecule is CSCCCNC(=O)c1c(N)cnn1C. The summed E-state index contributed by atoms with van der Waals surface area (Å²) in [6.07, 6.45) is 4.49. The maximum absolute atomic E-state index is 11.7. The molecule has 5 nitrogen and oxygen atoms in total. The summed E-state index contributed by atoms with van der Waals surface area (Å²) in [7, 11) is 1.70. The molecule has 1 rings (SSSR count). The zero-order valence-electron chi connectivity index (χ0n) is 8.99. The van der Waals surface area contributed by atoms with Crippen LogP contribution in [0.2, 0.25) is 0 Å². The molecular weight excluding hydrogens is 212 g/mol. The van der Waals surface area contributed by atoms with E-state index in [2.05, 4.69) is 10.4 Å². The van der Waals surface area contributed by atoms with Gasteiger partial charge in [0.15, 0.2) is 0 Å². The first-order chi connectivity index (χ1) is 7.16. The van der Waals surface area contributed by atoms with Crippen LogP contribution in [0.5, 0.6) is 0 Å². The number of aromatic nitrogens is 2. The number of nitrogens with zero attached hydrogens (tertiary/aromatic N) is 2. The largest absolute Gasteiger partial charge is 0.396 e. The van der Waals surface area contributed by atoms with Gasteiger partial charge in [-0.15, -0.1) is 0 Å². The molecule has 84 valence electrons. The highest BCUT2D eigenvalue weighted by atomic mass is 32.2. The molecule has 6 heteroatoms. The third-order valence-corrected chi connectivity index (χ3v) is 2.69. The maximum atomic E-state index is 11.7. The predicted molar refractivity (Wildman–Crippen MR) is 63.0 cm³/mol. The Bertz CT molecular complexity index is 317. The molecule has 0 unspecified atom stereocenters. The van der Waals surface area contributed by atoms with Crippen molar-refractivity contribution in [1.29, 1.82) is 0 Å². The lowest BCUT2D eigenvalue weighted by Crippen LogP contribution is -2.27. The third-order valence-electron chi connectivity index (χ3n) is 1.99. The zero-order valence-corrected chi connectivity index (χ0v) is 9.80. The molecule has 1 aromatic rings. The molecular formula is C9H16N4OS. The standard InChI is InChI=1S/C9H16N4OS/c1-13-8(7(10)6-12-13)9(14)11-4-3-5-15-2/h6H,3-5,10H2,1-2H3,(H,11,14). The van der Waals surface area contributed by atoms with Crippen molar-refractivity contribution in [2.24, 2.45) is 7.05 Å². The maximum Gasteiger partial charge on any atom is 0.271 e. The average molecular weight is 228 g/mol. The van der Waals surface area contributed by atoms with Crippen molar-refractivity contribution in [3.8, 4) is 0 Å². The molecule has 1 amide bonds. The molecule has 0 aliphatic carbocycles. The molecule has 0 aliphatic rings. The predicted octanol–water partition coefficient (Wildman–Crippen LogP) is 0.485. The van der Waals surface area contributed by atoms with Gasteiger partial charge in [-0.3, -0.25) is 9.48 Å². The van der Waals surface area contributed by atoms with Gasteiger partial charge in [-0.25, -0.2) is 0 Å². The first-order valence-corrected chi connectivity index (χ1v) is 6.10. The van der Waals surface area contributed by atoms with Crippen LogP contribution >= 0.6 is 11.8 Å². The van der Waals surface area contributed by atoms with Crippen LogP contribution in [0, 0.1) is 0 Å². The third kappa shape index (κ3) is 3.16. The number of thioether (sulfide) groups is 1. The fourth-order valence-corrected chi connectivity index (χ4v) is 1.67. The Hall–Kier alpha value is -1.17. The van der Waals surface area contributed by atoms with Crippen LogP contribution in [-0.4, -0.2) is 34.2 Å². The number of rotatable bonds is 5. The lowest BCUT2D eigenvalue weighted by atomic mass is 10.3. The van der Waals surface area contributed by atoms with Crippen LogP contribution in [0.15, 0.2) is 6.20 Å². The molecule has 0 fully saturated rings. The number of anilines is 1. The second kappa shape index (κ2) is 5.65. The minimum atomic E-state index is -0.159. The van der Waals surface area contributed by atoms with Crippen LogP contribution in [0.3, 0.4) is 0 Å². The molecule has 0 aromatic carbocycles. The van der Waals surface area contributed by atoms with Gasteiger partial charge in [-0.05, 0) is 18.4 Å². The van der Waals surface area contributed by atoms with Crippen LogP contribution < -0.4 is 11.1 Å². The number of carbonyl (C=O) groups excluding carboxylic acids is 1. The van der Waals surface area contributed by atoms with E-state index in [-0.39, 0.29) is 5.91 Å². The minimum Gasteiger partial charge on any atom is -0.396 e. The number of carbonyl (C=O) groups is 1. The minimum absolute atomic E-state index is 0.159. The molecule has 1 aromatic heterocycles. The van der Waals surface area contributed by atoms with Crippen molar-refractivity contribution < 1.29 is 4.79 Å². The van der Waals surface area contributed by atoms with Gasteiger partial charge < -0.3 is 11.1 Å². The number of hydrogen-bond donors (Lipinski definition) is 2. The summed E-state index contributed by atoms with van der Waals surface area (Å²) in [6, 6.07) is 0. The molecule has 15 heavy (non-hydrogen) atoms. The van der Waals surface area contributed by atoms with Gasteiger partial charge >= 0.3 is 0 Å². The summed E-state index contributed by atoms with van der Waals surface area (Å²) in [5.74, 6) is 0.884. The van der Waals surface area contributed by atoms with Crippen LogP contribution in [-0.2, 0) is 7.05 Å². The summed E-state index contributed by atoms with van der Waals surface area (Å²) in [6.45, 7) is 0.671. The molecule has 0 radical (unpaired) electrons. The lowest BCUT2D eigenvalue weighted by Gasteiger charge is -2.05. The van der Waals surface area contributed by atoms with Gasteiger partial charge in [0.1, 0.15) is 5.69 Å². The van der Waals surface area contributed by atoms with E-state index in [1.54, 1.807) is 18.8 Å². The van der Waals surface area contributed by atoms with E-state index in [1.807, 2.05) is 6.26 Å². The second-order valence-electron chi connectivity index (χ2n) is 3.17. The Morgan fingerprint density at radius 3 is 3.00 bits per heavy atom. The van der Waals surface area contributed by atoms with E-state index in [0.717, 1.165) is 12.2 Å². The van der Waals surface area contributed by atoms with Crippen molar-refractivity contribution in [3.05, 3.63) is 11.9 Å². The van der Waals surface area contributed by atoms with E-state index in [0.29, 0.717) is 17.9 Å². The summed E-state index contributed by atoms with van der Waals surface area (Å²) < 4.78 is 1.49. The second-order valence-corrected chi connectivity index (χ2v) is 4.16. The average Bonchev–Trinajstić information content (AvgIpc) is 2.53. The van der Waals surface area contributed by atoms with E-state index in [1.165, 1.54) is 10.9 Å². The van der Waals surface area contributed by atoms with Crippen molar-refractivity contribution >= 4 is 23.4 Å². The highest BCUT2D eigenvalue weighted by molar-refractivity contribution is 7.98. The first kappa shape index (κ1) is 11.9. The summed E-state index contributed by atoms with van der Waals surface area (Å²) in [5.41, 5.74) is 6.47. The van der Waals surface area contributed by atoms with Gasteiger partial charge in [-0.2, -0.15) is 16.9 Å². The van der Waals surface area contributed by atoms with Gasteiger partial charge in [0.25, 0.3) is 5.91 Å². The normalized spacial score (nSPS) is 10.3. The zero-order chi connectivity index (χ0) is 11.3. The van der Waals surface area contributed by atoms with Gasteiger partial charge in [0.2, 0.25) is 0 Å². The van der Waals surface area contributed by atoms with Crippen molar-refractivity contribution in [2.75, 3.05) is 24.3 Å². The topological polar surface area (TPSA) is 72.9 Å². The van der Waals surface area contributed by atoms with Crippen molar-refractivity contribution in [2.45, 2.75) is 6.42 Å². The number of nitrogens with two attached hydrogens (primary N) is 1. The van der Waals surface area contributed by atoms with E-state index in [4.69, 9.17) is 5.73 Å². The molecule has 3 N–H and O–H groups in total. The van der Waals surface area contributed by atoms with Crippen LogP contribution in [0.1, 0.15) is 16.9 Å². The van der Waals surface area contributed by atoms with Gasteiger partial charge in [0, 0.05) is 13.6 Å². The number of nitrogens with one attached hydrogen (secondary N) is 1. The molecule has 0 saturated heterocycles. The summed E-state index contributed by atoms with van der Waals surface area (Å²) >= 11 is 1.76. The first-order valence-electron chi connectivity index (χ1n) is 4.71. The molecule has 0 atom stereocenters. The van der Waals surface area contributed by atoms with E-state index < -0.39 is 0 Å². The quantitative estimate of drug-likeness (QED) is 0.719. The summed E-state index contributed by atoms with van der Waals surface area (Å²) in [5, 5.41) is 6.72. The fraction of sp³-hybridized carbons (Fsp3) is 0.556. The molecule has 0 spiro atoms. The van der Waals surface area contributed by atoms with E-state index in [9.17, 15) is 4.79 Å². The number of nitrogen functional groups attached to an aromatic ring is 1.